The van der Waals surface area contributed by atoms with E-state index in [0.29, 0.717) is 0 Å². The number of nitrogens with zero attached hydrogens (tertiary/aromatic N) is 4. The Morgan fingerprint density at radius 2 is 2.10 bits per heavy atom. The fourth-order valence-corrected chi connectivity index (χ4v) is 2.47. The molecule has 0 aliphatic carbocycles. The molecular formula is C15H23N5. The summed E-state index contributed by atoms with van der Waals surface area (Å²) in [7, 11) is 0. The molecule has 5 nitrogen and oxygen atoms in total. The zero-order valence-electron chi connectivity index (χ0n) is 12.5. The first-order valence-electron chi connectivity index (χ1n) is 7.33. The summed E-state index contributed by atoms with van der Waals surface area (Å²) in [5.74, 6) is 1.01. The molecular weight excluding hydrogens is 250 g/mol. The molecule has 2 heterocycles. The van der Waals surface area contributed by atoms with E-state index in [1.54, 1.807) is 6.33 Å². The van der Waals surface area contributed by atoms with Crippen LogP contribution < -0.4 is 5.32 Å². The largest absolute Gasteiger partial charge is 0.309 e. The summed E-state index contributed by atoms with van der Waals surface area (Å²) < 4.78 is 1.94. The van der Waals surface area contributed by atoms with Crippen molar-refractivity contribution >= 4 is 0 Å². The quantitative estimate of drug-likeness (QED) is 0.840. The minimum atomic E-state index is 0.186. The Bertz CT molecular complexity index is 535. The van der Waals surface area contributed by atoms with Gasteiger partial charge in [0, 0.05) is 19.2 Å². The molecule has 2 aromatic heterocycles. The highest BCUT2D eigenvalue weighted by Gasteiger charge is 2.18. The summed E-state index contributed by atoms with van der Waals surface area (Å²) in [6.45, 7) is 8.12. The van der Waals surface area contributed by atoms with E-state index in [4.69, 9.17) is 0 Å². The van der Waals surface area contributed by atoms with Gasteiger partial charge in [0.15, 0.2) is 0 Å². The molecule has 1 atom stereocenters. The second-order valence-electron chi connectivity index (χ2n) is 4.71. The first-order valence-corrected chi connectivity index (χ1v) is 7.33. The Hall–Kier alpha value is -1.75. The van der Waals surface area contributed by atoms with Crippen molar-refractivity contribution in [3.63, 3.8) is 0 Å². The van der Waals surface area contributed by atoms with Crippen LogP contribution in [0.15, 0.2) is 24.7 Å². The van der Waals surface area contributed by atoms with Crippen LogP contribution >= 0.6 is 0 Å². The fraction of sp³-hybridized carbons (Fsp3) is 0.533. The van der Waals surface area contributed by atoms with Gasteiger partial charge in [-0.3, -0.25) is 9.67 Å². The molecule has 1 unspecified atom stereocenters. The summed E-state index contributed by atoms with van der Waals surface area (Å²) in [6, 6.07) is 4.34. The fourth-order valence-electron chi connectivity index (χ4n) is 2.47. The summed E-state index contributed by atoms with van der Waals surface area (Å²) in [5.41, 5.74) is 2.42. The molecule has 0 saturated carbocycles. The third-order valence-electron chi connectivity index (χ3n) is 3.47. The lowest BCUT2D eigenvalue weighted by Crippen LogP contribution is -2.26. The van der Waals surface area contributed by atoms with Crippen LogP contribution in [-0.4, -0.2) is 26.3 Å². The van der Waals surface area contributed by atoms with Gasteiger partial charge in [0.1, 0.15) is 12.2 Å². The first-order chi connectivity index (χ1) is 9.80. The van der Waals surface area contributed by atoms with E-state index in [9.17, 15) is 0 Å². The Morgan fingerprint density at radius 1 is 1.25 bits per heavy atom. The lowest BCUT2D eigenvalue weighted by molar-refractivity contribution is 0.497. The minimum Gasteiger partial charge on any atom is -0.309 e. The van der Waals surface area contributed by atoms with Crippen LogP contribution in [0.5, 0.6) is 0 Å². The molecule has 0 aromatic carbocycles. The van der Waals surface area contributed by atoms with Gasteiger partial charge in [-0.2, -0.15) is 5.10 Å². The van der Waals surface area contributed by atoms with Gasteiger partial charge in [-0.15, -0.1) is 0 Å². The SMILES string of the molecule is CCNC(Cc1ncnn1CC)c1ncccc1CC. The van der Waals surface area contributed by atoms with Crippen molar-refractivity contribution < 1.29 is 0 Å². The molecule has 0 spiro atoms. The summed E-state index contributed by atoms with van der Waals surface area (Å²) in [6.07, 6.45) is 5.29. The van der Waals surface area contributed by atoms with E-state index in [1.807, 2.05) is 16.9 Å². The van der Waals surface area contributed by atoms with E-state index in [2.05, 4.69) is 47.2 Å². The maximum absolute atomic E-state index is 4.58. The summed E-state index contributed by atoms with van der Waals surface area (Å²) in [4.78, 5) is 8.96. The Labute approximate surface area is 120 Å². The standard InChI is InChI=1S/C15H23N5/c1-4-12-8-7-9-17-15(12)13(16-5-2)10-14-18-11-19-20(14)6-3/h7-9,11,13,16H,4-6,10H2,1-3H3. The number of hydrogen-bond donors (Lipinski definition) is 1. The van der Waals surface area contributed by atoms with Gasteiger partial charge in [-0.1, -0.05) is 19.9 Å². The smallest absolute Gasteiger partial charge is 0.138 e. The van der Waals surface area contributed by atoms with Crippen molar-refractivity contribution in [2.24, 2.45) is 0 Å². The van der Waals surface area contributed by atoms with Crippen LogP contribution in [0.2, 0.25) is 0 Å². The van der Waals surface area contributed by atoms with Gasteiger partial charge in [0.05, 0.1) is 11.7 Å². The molecule has 20 heavy (non-hydrogen) atoms. The normalized spacial score (nSPS) is 12.6. The summed E-state index contributed by atoms with van der Waals surface area (Å²) in [5, 5.41) is 7.76. The van der Waals surface area contributed by atoms with Crippen LogP contribution in [-0.2, 0) is 19.4 Å². The van der Waals surface area contributed by atoms with Gasteiger partial charge in [-0.25, -0.2) is 4.98 Å². The average Bonchev–Trinajstić information content (AvgIpc) is 2.94. The van der Waals surface area contributed by atoms with Crippen molar-refractivity contribution in [1.29, 1.82) is 0 Å². The van der Waals surface area contributed by atoms with Crippen LogP contribution in [0.4, 0.5) is 0 Å². The molecule has 0 saturated heterocycles. The molecule has 1 N–H and O–H groups in total. The van der Waals surface area contributed by atoms with E-state index in [0.717, 1.165) is 37.4 Å². The van der Waals surface area contributed by atoms with E-state index < -0.39 is 0 Å². The second kappa shape index (κ2) is 7.14. The molecule has 0 aliphatic rings. The van der Waals surface area contributed by atoms with Gasteiger partial charge >= 0.3 is 0 Å². The van der Waals surface area contributed by atoms with Crippen LogP contribution in [0.25, 0.3) is 0 Å². The molecule has 0 amide bonds. The zero-order chi connectivity index (χ0) is 14.4. The van der Waals surface area contributed by atoms with E-state index in [1.165, 1.54) is 5.56 Å². The minimum absolute atomic E-state index is 0.186. The molecule has 2 aromatic rings. The summed E-state index contributed by atoms with van der Waals surface area (Å²) >= 11 is 0. The van der Waals surface area contributed by atoms with Gasteiger partial charge in [0.25, 0.3) is 0 Å². The molecule has 5 heteroatoms. The maximum Gasteiger partial charge on any atom is 0.138 e. The van der Waals surface area contributed by atoms with Crippen molar-refractivity contribution in [2.45, 2.75) is 46.2 Å². The van der Waals surface area contributed by atoms with E-state index >= 15 is 0 Å². The van der Waals surface area contributed by atoms with E-state index in [-0.39, 0.29) is 6.04 Å². The monoisotopic (exact) mass is 273 g/mol. The van der Waals surface area contributed by atoms with Crippen molar-refractivity contribution in [3.05, 3.63) is 41.7 Å². The number of pyridine rings is 1. The lowest BCUT2D eigenvalue weighted by Gasteiger charge is -2.19. The highest BCUT2D eigenvalue weighted by atomic mass is 15.3. The number of aromatic nitrogens is 4. The Morgan fingerprint density at radius 3 is 2.80 bits per heavy atom. The lowest BCUT2D eigenvalue weighted by atomic mass is 10.0. The van der Waals surface area contributed by atoms with Crippen molar-refractivity contribution in [2.75, 3.05) is 6.54 Å². The molecule has 2 rings (SSSR count). The second-order valence-corrected chi connectivity index (χ2v) is 4.71. The van der Waals surface area contributed by atoms with Crippen LogP contribution in [0.3, 0.4) is 0 Å². The highest BCUT2D eigenvalue weighted by molar-refractivity contribution is 5.23. The van der Waals surface area contributed by atoms with Crippen LogP contribution in [0, 0.1) is 0 Å². The predicted molar refractivity (Wildman–Crippen MR) is 79.4 cm³/mol. The maximum atomic E-state index is 4.58. The predicted octanol–water partition coefficient (Wildman–Crippen LogP) is 2.15. The molecule has 0 aliphatic heterocycles. The topological polar surface area (TPSA) is 55.6 Å². The number of nitrogens with one attached hydrogen (secondary N) is 1. The molecule has 0 radical (unpaired) electrons. The Kier molecular flexibility index (Phi) is 5.24. The number of likely N-dealkylation sites (N-methyl/N-ethyl adjacent to an activating group) is 1. The average molecular weight is 273 g/mol. The number of aryl methyl sites for hydroxylation is 2. The molecule has 0 bridgehead atoms. The number of hydrogen-bond acceptors (Lipinski definition) is 4. The third kappa shape index (κ3) is 3.22. The van der Waals surface area contributed by atoms with Crippen molar-refractivity contribution in [1.82, 2.24) is 25.1 Å². The molecule has 0 fully saturated rings. The Balaban J connectivity index is 2.27. The zero-order valence-corrected chi connectivity index (χ0v) is 12.5. The van der Waals surface area contributed by atoms with Crippen molar-refractivity contribution in [3.8, 4) is 0 Å². The highest BCUT2D eigenvalue weighted by Crippen LogP contribution is 2.19. The third-order valence-corrected chi connectivity index (χ3v) is 3.47. The van der Waals surface area contributed by atoms with Gasteiger partial charge < -0.3 is 5.32 Å². The number of rotatable bonds is 7. The van der Waals surface area contributed by atoms with Crippen LogP contribution in [0.1, 0.15) is 43.9 Å². The molecule has 108 valence electrons. The van der Waals surface area contributed by atoms with Gasteiger partial charge in [0.2, 0.25) is 0 Å². The van der Waals surface area contributed by atoms with Gasteiger partial charge in [-0.05, 0) is 31.5 Å². The first kappa shape index (κ1) is 14.7.